The maximum Gasteiger partial charge on any atom is 0.303 e. The van der Waals surface area contributed by atoms with Gasteiger partial charge in [0.25, 0.3) is 0 Å². The first-order valence-electron chi connectivity index (χ1n) is 10.8. The lowest BCUT2D eigenvalue weighted by Gasteiger charge is -2.35. The highest BCUT2D eigenvalue weighted by Crippen LogP contribution is 2.25. The van der Waals surface area contributed by atoms with E-state index in [-0.39, 0.29) is 6.42 Å². The van der Waals surface area contributed by atoms with Crippen LogP contribution in [0.2, 0.25) is 5.02 Å². The summed E-state index contributed by atoms with van der Waals surface area (Å²) in [7, 11) is 0. The number of hydrogen-bond donors (Lipinski definition) is 3. The Morgan fingerprint density at radius 1 is 1.10 bits per heavy atom. The summed E-state index contributed by atoms with van der Waals surface area (Å²) < 4.78 is 0. The zero-order valence-electron chi connectivity index (χ0n) is 17.6. The van der Waals surface area contributed by atoms with Gasteiger partial charge in [-0.1, -0.05) is 35.9 Å². The summed E-state index contributed by atoms with van der Waals surface area (Å²) in [5.41, 5.74) is 3.77. The van der Waals surface area contributed by atoms with Crippen molar-refractivity contribution in [3.63, 3.8) is 0 Å². The average molecular weight is 460 g/mol. The Bertz CT molecular complexity index is 875. The van der Waals surface area contributed by atoms with Gasteiger partial charge in [0.05, 0.1) is 0 Å². The first-order valence-corrected chi connectivity index (χ1v) is 11.6. The Morgan fingerprint density at radius 2 is 1.81 bits per heavy atom. The average Bonchev–Trinajstić information content (AvgIpc) is 2.76. The van der Waals surface area contributed by atoms with Gasteiger partial charge in [0.1, 0.15) is 0 Å². The number of aryl methyl sites for hydroxylation is 1. The molecule has 0 saturated heterocycles. The number of carbonyl (C=O) groups is 1. The minimum absolute atomic E-state index is 0.215. The van der Waals surface area contributed by atoms with E-state index in [0.717, 1.165) is 51.0 Å². The Hall–Kier alpha value is -2.15. The Kier molecular flexibility index (Phi) is 9.13. The van der Waals surface area contributed by atoms with E-state index in [4.69, 9.17) is 28.9 Å². The van der Waals surface area contributed by atoms with Crippen LogP contribution in [-0.4, -0.2) is 46.8 Å². The fourth-order valence-electron chi connectivity index (χ4n) is 4.09. The van der Waals surface area contributed by atoms with Crippen LogP contribution < -0.4 is 10.6 Å². The molecule has 0 saturated carbocycles. The molecule has 5 nitrogen and oxygen atoms in total. The van der Waals surface area contributed by atoms with Gasteiger partial charge in [-0.05, 0) is 86.3 Å². The summed E-state index contributed by atoms with van der Waals surface area (Å²) in [4.78, 5) is 13.4. The van der Waals surface area contributed by atoms with Gasteiger partial charge < -0.3 is 15.7 Å². The highest BCUT2D eigenvalue weighted by molar-refractivity contribution is 7.80. The Morgan fingerprint density at radius 3 is 2.55 bits per heavy atom. The van der Waals surface area contributed by atoms with Crippen molar-refractivity contribution in [3.05, 3.63) is 64.7 Å². The van der Waals surface area contributed by atoms with E-state index in [0.29, 0.717) is 22.6 Å². The molecule has 1 aliphatic rings. The molecule has 0 fully saturated rings. The molecule has 0 aliphatic heterocycles. The van der Waals surface area contributed by atoms with E-state index in [9.17, 15) is 4.79 Å². The van der Waals surface area contributed by atoms with E-state index in [2.05, 4.69) is 39.8 Å². The summed E-state index contributed by atoms with van der Waals surface area (Å²) in [6.07, 6.45) is 5.07. The Labute approximate surface area is 194 Å². The number of nitrogens with zero attached hydrogens (tertiary/aromatic N) is 1. The molecule has 2 aromatic rings. The van der Waals surface area contributed by atoms with Crippen LogP contribution in [0.15, 0.2) is 48.5 Å². The van der Waals surface area contributed by atoms with Crippen LogP contribution in [0.4, 0.5) is 5.69 Å². The van der Waals surface area contributed by atoms with Crippen molar-refractivity contribution in [2.24, 2.45) is 0 Å². The predicted octanol–water partition coefficient (Wildman–Crippen LogP) is 4.74. The molecule has 0 aromatic heterocycles. The molecular weight excluding hydrogens is 430 g/mol. The van der Waals surface area contributed by atoms with Crippen molar-refractivity contribution in [2.45, 2.75) is 44.6 Å². The summed E-state index contributed by atoms with van der Waals surface area (Å²) in [5.74, 6) is -0.728. The molecule has 31 heavy (non-hydrogen) atoms. The molecule has 3 N–H and O–H groups in total. The quantitative estimate of drug-likeness (QED) is 0.352. The topological polar surface area (TPSA) is 64.6 Å². The second kappa shape index (κ2) is 12.0. The molecule has 3 rings (SSSR count). The highest BCUT2D eigenvalue weighted by Gasteiger charge is 2.23. The number of nitrogens with one attached hydrogen (secondary N) is 2. The summed E-state index contributed by atoms with van der Waals surface area (Å²) in [6, 6.07) is 16.5. The number of carboxylic acids is 1. The monoisotopic (exact) mass is 459 g/mol. The van der Waals surface area contributed by atoms with E-state index >= 15 is 0 Å². The minimum Gasteiger partial charge on any atom is -0.481 e. The van der Waals surface area contributed by atoms with Crippen LogP contribution in [-0.2, 0) is 17.6 Å². The molecule has 1 aliphatic carbocycles. The maximum atomic E-state index is 11.0. The van der Waals surface area contributed by atoms with E-state index in [1.54, 1.807) is 0 Å². The first-order chi connectivity index (χ1) is 15.0. The highest BCUT2D eigenvalue weighted by atomic mass is 35.5. The van der Waals surface area contributed by atoms with Crippen LogP contribution >= 0.6 is 23.8 Å². The fraction of sp³-hybridized carbons (Fsp3) is 0.417. The zero-order valence-corrected chi connectivity index (χ0v) is 19.2. The third-order valence-electron chi connectivity index (χ3n) is 5.68. The van der Waals surface area contributed by atoms with Crippen molar-refractivity contribution in [1.29, 1.82) is 0 Å². The second-order valence-corrected chi connectivity index (χ2v) is 8.78. The molecule has 7 heteroatoms. The van der Waals surface area contributed by atoms with Gasteiger partial charge in [-0.2, -0.15) is 0 Å². The lowest BCUT2D eigenvalue weighted by Crippen LogP contribution is -2.41. The lowest BCUT2D eigenvalue weighted by atomic mass is 9.87. The SMILES string of the molecule is O=C(O)CCCN(CCCNC(=S)Nc1ccc(Cl)cc1)C1CCc2ccccc2C1. The molecule has 0 heterocycles. The molecule has 0 amide bonds. The number of benzene rings is 2. The lowest BCUT2D eigenvalue weighted by molar-refractivity contribution is -0.137. The summed E-state index contributed by atoms with van der Waals surface area (Å²) in [5, 5.41) is 16.7. The molecule has 0 radical (unpaired) electrons. The maximum absolute atomic E-state index is 11.0. The molecule has 1 unspecified atom stereocenters. The minimum atomic E-state index is -0.728. The normalized spacial score (nSPS) is 15.4. The van der Waals surface area contributed by atoms with Gasteiger partial charge in [-0.25, -0.2) is 0 Å². The van der Waals surface area contributed by atoms with E-state index in [1.165, 1.54) is 11.1 Å². The van der Waals surface area contributed by atoms with Crippen LogP contribution in [0, 0.1) is 0 Å². The molecule has 166 valence electrons. The summed E-state index contributed by atoms with van der Waals surface area (Å²) >= 11 is 11.3. The standard InChI is InChI=1S/C24H30ClN3O2S/c25-20-9-11-21(12-10-20)27-24(31)26-14-4-16-28(15-3-7-23(29)30)22-13-8-18-5-1-2-6-19(18)17-22/h1-2,5-6,9-12,22H,3-4,7-8,13-17H2,(H,29,30)(H2,26,27,31). The van der Waals surface area contributed by atoms with Gasteiger partial charge in [0, 0.05) is 36.3 Å². The fourth-order valence-corrected chi connectivity index (χ4v) is 4.44. The first kappa shape index (κ1) is 23.5. The number of halogens is 1. The molecule has 0 bridgehead atoms. The van der Waals surface area contributed by atoms with Crippen LogP contribution in [0.5, 0.6) is 0 Å². The third-order valence-corrected chi connectivity index (χ3v) is 6.18. The van der Waals surface area contributed by atoms with Crippen molar-refractivity contribution in [1.82, 2.24) is 10.2 Å². The zero-order chi connectivity index (χ0) is 22.1. The van der Waals surface area contributed by atoms with Crippen molar-refractivity contribution in [2.75, 3.05) is 25.0 Å². The van der Waals surface area contributed by atoms with E-state index < -0.39 is 5.97 Å². The second-order valence-electron chi connectivity index (χ2n) is 7.94. The third kappa shape index (κ3) is 7.80. The number of hydrogen-bond acceptors (Lipinski definition) is 3. The largest absolute Gasteiger partial charge is 0.481 e. The molecule has 2 aromatic carbocycles. The van der Waals surface area contributed by atoms with Crippen LogP contribution in [0.1, 0.15) is 36.8 Å². The number of fused-ring (bicyclic) bond motifs is 1. The smallest absolute Gasteiger partial charge is 0.303 e. The molecule has 1 atom stereocenters. The van der Waals surface area contributed by atoms with Crippen molar-refractivity contribution >= 4 is 40.6 Å². The van der Waals surface area contributed by atoms with Crippen molar-refractivity contribution in [3.8, 4) is 0 Å². The van der Waals surface area contributed by atoms with Gasteiger partial charge in [-0.15, -0.1) is 0 Å². The molecular formula is C24H30ClN3O2S. The number of thiocarbonyl (C=S) groups is 1. The number of carboxylic acid groups (broad SMARTS) is 1. The number of aliphatic carboxylic acids is 1. The van der Waals surface area contributed by atoms with E-state index in [1.807, 2.05) is 24.3 Å². The van der Waals surface area contributed by atoms with Crippen LogP contribution in [0.25, 0.3) is 0 Å². The van der Waals surface area contributed by atoms with Gasteiger partial charge in [0.15, 0.2) is 5.11 Å². The number of rotatable bonds is 10. The van der Waals surface area contributed by atoms with Crippen molar-refractivity contribution < 1.29 is 9.90 Å². The predicted molar refractivity (Wildman–Crippen MR) is 131 cm³/mol. The van der Waals surface area contributed by atoms with Crippen LogP contribution in [0.3, 0.4) is 0 Å². The Balaban J connectivity index is 1.47. The number of anilines is 1. The van der Waals surface area contributed by atoms with Gasteiger partial charge in [-0.3, -0.25) is 9.69 Å². The molecule has 0 spiro atoms. The summed E-state index contributed by atoms with van der Waals surface area (Å²) in [6.45, 7) is 2.49. The van der Waals surface area contributed by atoms with Gasteiger partial charge in [0.2, 0.25) is 0 Å². The van der Waals surface area contributed by atoms with Gasteiger partial charge >= 0.3 is 5.97 Å².